The lowest BCUT2D eigenvalue weighted by Crippen LogP contribution is -2.15. The molecule has 0 saturated heterocycles. The Bertz CT molecular complexity index is 897. The summed E-state index contributed by atoms with van der Waals surface area (Å²) >= 11 is 1.25. The van der Waals surface area contributed by atoms with Crippen molar-refractivity contribution in [2.75, 3.05) is 11.1 Å². The van der Waals surface area contributed by atoms with Crippen molar-refractivity contribution in [1.29, 1.82) is 0 Å². The van der Waals surface area contributed by atoms with Gasteiger partial charge in [-0.15, -0.1) is 16.8 Å². The smallest absolute Gasteiger partial charge is 0.328 e. The summed E-state index contributed by atoms with van der Waals surface area (Å²) in [4.78, 5) is 15.9. The molecule has 10 heteroatoms. The Morgan fingerprint density at radius 3 is 2.92 bits per heavy atom. The predicted octanol–water partition coefficient (Wildman–Crippen LogP) is 2.45. The van der Waals surface area contributed by atoms with Crippen LogP contribution in [-0.2, 0) is 11.3 Å². The lowest BCUT2D eigenvalue weighted by atomic mass is 10.2. The van der Waals surface area contributed by atoms with E-state index in [0.717, 1.165) is 11.3 Å². The van der Waals surface area contributed by atoms with Crippen molar-refractivity contribution in [3.63, 3.8) is 0 Å². The Kier molecular flexibility index (Phi) is 4.98. The van der Waals surface area contributed by atoms with Crippen molar-refractivity contribution in [2.24, 2.45) is 0 Å². The van der Waals surface area contributed by atoms with Crippen molar-refractivity contribution in [3.05, 3.63) is 36.6 Å². The second-order valence-corrected chi connectivity index (χ2v) is 6.02. The molecule has 3 aromatic rings. The van der Waals surface area contributed by atoms with Gasteiger partial charge in [-0.05, 0) is 19.9 Å². The van der Waals surface area contributed by atoms with E-state index in [1.807, 2.05) is 17.6 Å². The van der Waals surface area contributed by atoms with E-state index in [0.29, 0.717) is 23.4 Å². The summed E-state index contributed by atoms with van der Waals surface area (Å²) in [5, 5.41) is 15.1. The Labute approximate surface area is 147 Å². The molecule has 3 heterocycles. The SMILES string of the molecule is C=CCn1c(SCC(=O)Nc2nc(C)no2)nnc1-c1ccoc1C. The number of aryl methyl sites for hydroxylation is 2. The van der Waals surface area contributed by atoms with E-state index < -0.39 is 0 Å². The van der Waals surface area contributed by atoms with E-state index in [4.69, 9.17) is 8.94 Å². The van der Waals surface area contributed by atoms with Crippen LogP contribution in [0, 0.1) is 13.8 Å². The highest BCUT2D eigenvalue weighted by atomic mass is 32.2. The lowest BCUT2D eigenvalue weighted by Gasteiger charge is -2.06. The summed E-state index contributed by atoms with van der Waals surface area (Å²) in [7, 11) is 0. The molecule has 0 aliphatic carbocycles. The van der Waals surface area contributed by atoms with Crippen LogP contribution < -0.4 is 5.32 Å². The third-order valence-corrected chi connectivity index (χ3v) is 4.20. The molecule has 0 aliphatic rings. The maximum absolute atomic E-state index is 12.0. The highest BCUT2D eigenvalue weighted by Crippen LogP contribution is 2.27. The zero-order chi connectivity index (χ0) is 17.8. The highest BCUT2D eigenvalue weighted by molar-refractivity contribution is 7.99. The number of furan rings is 1. The zero-order valence-electron chi connectivity index (χ0n) is 13.7. The Hall–Kier alpha value is -2.88. The molecular weight excluding hydrogens is 344 g/mol. The fourth-order valence-corrected chi connectivity index (χ4v) is 2.89. The minimum absolute atomic E-state index is 0.0744. The number of nitrogens with zero attached hydrogens (tertiary/aromatic N) is 5. The van der Waals surface area contributed by atoms with Gasteiger partial charge in [0.25, 0.3) is 0 Å². The topological polar surface area (TPSA) is 112 Å². The van der Waals surface area contributed by atoms with Gasteiger partial charge in [-0.1, -0.05) is 23.0 Å². The fraction of sp³-hybridized carbons (Fsp3) is 0.267. The van der Waals surface area contributed by atoms with Crippen molar-refractivity contribution >= 4 is 23.7 Å². The number of hydrogen-bond acceptors (Lipinski definition) is 8. The number of allylic oxidation sites excluding steroid dienone is 1. The minimum Gasteiger partial charge on any atom is -0.469 e. The second-order valence-electron chi connectivity index (χ2n) is 5.08. The largest absolute Gasteiger partial charge is 0.469 e. The molecule has 0 saturated carbocycles. The lowest BCUT2D eigenvalue weighted by molar-refractivity contribution is -0.114. The van der Waals surface area contributed by atoms with Crippen LogP contribution in [0.2, 0.25) is 0 Å². The molecule has 0 unspecified atom stereocenters. The van der Waals surface area contributed by atoms with Crippen LogP contribution in [0.1, 0.15) is 11.6 Å². The molecule has 9 nitrogen and oxygen atoms in total. The first-order valence-corrected chi connectivity index (χ1v) is 8.38. The predicted molar refractivity (Wildman–Crippen MR) is 91.0 cm³/mol. The first kappa shape index (κ1) is 17.0. The summed E-state index contributed by atoms with van der Waals surface area (Å²) in [6, 6.07) is 1.91. The number of carbonyl (C=O) groups excluding carboxylic acids is 1. The van der Waals surface area contributed by atoms with Gasteiger partial charge in [-0.25, -0.2) is 0 Å². The van der Waals surface area contributed by atoms with Crippen LogP contribution in [0.25, 0.3) is 11.4 Å². The summed E-state index contributed by atoms with van der Waals surface area (Å²) in [5.74, 6) is 1.72. The van der Waals surface area contributed by atoms with Crippen LogP contribution in [-0.4, -0.2) is 36.6 Å². The highest BCUT2D eigenvalue weighted by Gasteiger charge is 2.18. The number of thioether (sulfide) groups is 1. The van der Waals surface area contributed by atoms with E-state index in [1.165, 1.54) is 11.8 Å². The minimum atomic E-state index is -0.275. The number of nitrogens with one attached hydrogen (secondary N) is 1. The molecule has 1 amide bonds. The van der Waals surface area contributed by atoms with Gasteiger partial charge in [0.1, 0.15) is 5.76 Å². The molecular formula is C15H16N6O3S. The summed E-state index contributed by atoms with van der Waals surface area (Å²) in [6.07, 6.45) is 3.35. The van der Waals surface area contributed by atoms with E-state index in [9.17, 15) is 4.79 Å². The van der Waals surface area contributed by atoms with Crippen LogP contribution >= 0.6 is 11.8 Å². The van der Waals surface area contributed by atoms with Gasteiger partial charge in [0.15, 0.2) is 16.8 Å². The van der Waals surface area contributed by atoms with Gasteiger partial charge >= 0.3 is 6.01 Å². The first-order chi connectivity index (χ1) is 12.1. The maximum atomic E-state index is 12.0. The zero-order valence-corrected chi connectivity index (χ0v) is 14.5. The standard InChI is InChI=1S/C15H16N6O3S/c1-4-6-21-13(11-5-7-23-9(11)2)18-19-15(21)25-8-12(22)17-14-16-10(3)20-24-14/h4-5,7H,1,6,8H2,2-3H3,(H,16,17,20,22). The molecule has 0 aliphatic heterocycles. The van der Waals surface area contributed by atoms with Crippen molar-refractivity contribution < 1.29 is 13.7 Å². The summed E-state index contributed by atoms with van der Waals surface area (Å²) in [6.45, 7) is 7.80. The fourth-order valence-electron chi connectivity index (χ4n) is 2.14. The quantitative estimate of drug-likeness (QED) is 0.505. The number of aromatic nitrogens is 5. The van der Waals surface area contributed by atoms with Gasteiger partial charge in [-0.2, -0.15) is 4.98 Å². The molecule has 0 radical (unpaired) electrons. The second kappa shape index (κ2) is 7.34. The third kappa shape index (κ3) is 3.79. The average molecular weight is 360 g/mol. The van der Waals surface area contributed by atoms with Crippen LogP contribution in [0.15, 0.2) is 39.1 Å². The van der Waals surface area contributed by atoms with Crippen molar-refractivity contribution in [1.82, 2.24) is 24.9 Å². The van der Waals surface area contributed by atoms with Crippen LogP contribution in [0.3, 0.4) is 0 Å². The molecule has 1 N–H and O–H groups in total. The third-order valence-electron chi connectivity index (χ3n) is 3.23. The van der Waals surface area contributed by atoms with Crippen LogP contribution in [0.4, 0.5) is 6.01 Å². The van der Waals surface area contributed by atoms with Gasteiger partial charge in [0.05, 0.1) is 17.6 Å². The number of anilines is 1. The number of rotatable bonds is 7. The molecule has 25 heavy (non-hydrogen) atoms. The maximum Gasteiger partial charge on any atom is 0.328 e. The molecule has 0 bridgehead atoms. The van der Waals surface area contributed by atoms with Crippen molar-refractivity contribution in [2.45, 2.75) is 25.5 Å². The normalized spacial score (nSPS) is 10.8. The Balaban J connectivity index is 1.72. The van der Waals surface area contributed by atoms with Gasteiger partial charge < -0.3 is 8.94 Å². The molecule has 130 valence electrons. The number of hydrogen-bond donors (Lipinski definition) is 1. The van der Waals surface area contributed by atoms with Gasteiger partial charge in [0, 0.05) is 6.54 Å². The average Bonchev–Trinajstić information content (AvgIpc) is 3.27. The number of amides is 1. The first-order valence-electron chi connectivity index (χ1n) is 7.40. The van der Waals surface area contributed by atoms with E-state index >= 15 is 0 Å². The number of carbonyl (C=O) groups is 1. The molecule has 0 spiro atoms. The van der Waals surface area contributed by atoms with E-state index in [2.05, 4.69) is 32.2 Å². The van der Waals surface area contributed by atoms with E-state index in [1.54, 1.807) is 19.3 Å². The summed E-state index contributed by atoms with van der Waals surface area (Å²) < 4.78 is 12.1. The molecule has 0 atom stereocenters. The molecule has 3 aromatic heterocycles. The molecule has 0 fully saturated rings. The Morgan fingerprint density at radius 2 is 2.28 bits per heavy atom. The van der Waals surface area contributed by atoms with E-state index in [-0.39, 0.29) is 17.7 Å². The van der Waals surface area contributed by atoms with Gasteiger partial charge in [-0.3, -0.25) is 14.7 Å². The van der Waals surface area contributed by atoms with Crippen molar-refractivity contribution in [3.8, 4) is 11.4 Å². The summed E-state index contributed by atoms with van der Waals surface area (Å²) in [5.41, 5.74) is 0.854. The Morgan fingerprint density at radius 1 is 1.44 bits per heavy atom. The molecule has 3 rings (SSSR count). The monoisotopic (exact) mass is 360 g/mol. The molecule has 0 aromatic carbocycles. The van der Waals surface area contributed by atoms with Crippen LogP contribution in [0.5, 0.6) is 0 Å². The van der Waals surface area contributed by atoms with Gasteiger partial charge in [0.2, 0.25) is 5.91 Å².